The fourth-order valence-corrected chi connectivity index (χ4v) is 0. The van der Waals surface area contributed by atoms with Crippen molar-refractivity contribution in [2.24, 2.45) is 0 Å². The molecule has 0 aromatic heterocycles. The fraction of sp³-hybridized carbons (Fsp3) is 0.500. The van der Waals surface area contributed by atoms with Crippen LogP contribution in [0.15, 0.2) is 0 Å². The zero-order valence-corrected chi connectivity index (χ0v) is 3.60. The van der Waals surface area contributed by atoms with E-state index in [1.54, 1.807) is 0 Å². The van der Waals surface area contributed by atoms with E-state index in [2.05, 4.69) is 0 Å². The van der Waals surface area contributed by atoms with Gasteiger partial charge in [0, 0.05) is 6.92 Å². The summed E-state index contributed by atoms with van der Waals surface area (Å²) in [6.45, 7) is 1.08. The molecule has 0 amide bonds. The summed E-state index contributed by atoms with van der Waals surface area (Å²) >= 11 is 0. The molecule has 0 spiro atoms. The number of hydrogen-bond acceptors (Lipinski definition) is 1. The maximum Gasteiger partial charge on any atom is 2.00 e. The summed E-state index contributed by atoms with van der Waals surface area (Å²) in [6, 6.07) is 0. The summed E-state index contributed by atoms with van der Waals surface area (Å²) in [5.41, 5.74) is 0. The molecule has 1 N–H and O–H groups in total. The van der Waals surface area contributed by atoms with Gasteiger partial charge in [-0.25, -0.2) is 0 Å². The third-order valence-electron chi connectivity index (χ3n) is 0. The molecule has 0 fully saturated rings. The first-order valence-corrected chi connectivity index (χ1v) is 0.928. The van der Waals surface area contributed by atoms with E-state index in [4.69, 9.17) is 9.90 Å². The molecule has 0 rings (SSSR count). The van der Waals surface area contributed by atoms with Crippen LogP contribution in [-0.4, -0.2) is 11.1 Å². The maximum atomic E-state index is 9.00. The molecule has 0 heterocycles. The van der Waals surface area contributed by atoms with E-state index in [0.717, 1.165) is 6.92 Å². The van der Waals surface area contributed by atoms with Crippen LogP contribution in [0.1, 0.15) is 6.92 Å². The van der Waals surface area contributed by atoms with Gasteiger partial charge in [0.2, 0.25) is 0 Å². The van der Waals surface area contributed by atoms with Crippen LogP contribution in [0.3, 0.4) is 0 Å². The van der Waals surface area contributed by atoms with Crippen molar-refractivity contribution in [3.63, 3.8) is 0 Å². The van der Waals surface area contributed by atoms with Crippen LogP contribution < -0.4 is 0 Å². The molecule has 0 aromatic carbocycles. The molecule has 33 valence electrons. The van der Waals surface area contributed by atoms with Gasteiger partial charge in [-0.05, 0) is 0 Å². The second kappa shape index (κ2) is 3.99. The minimum Gasteiger partial charge on any atom is -0.481 e. The van der Waals surface area contributed by atoms with Crippen molar-refractivity contribution < 1.29 is 27.0 Å². The molecule has 0 aliphatic rings. The summed E-state index contributed by atoms with van der Waals surface area (Å²) in [5, 5.41) is 7.42. The minimum atomic E-state index is -0.833. The average molecular weight is 124 g/mol. The Labute approximate surface area is 40.7 Å². The van der Waals surface area contributed by atoms with E-state index < -0.39 is 5.97 Å². The molecular weight excluding hydrogens is 120 g/mol. The quantitative estimate of drug-likeness (QED) is 0.464. The molecule has 0 bridgehead atoms. The number of hydrogen-bond donors (Lipinski definition) is 1. The third-order valence-corrected chi connectivity index (χ3v) is 0. The van der Waals surface area contributed by atoms with Gasteiger partial charge in [0.1, 0.15) is 0 Å². The number of aliphatic carboxylic acids is 1. The molecule has 0 aromatic rings. The SMILES string of the molecule is CC(=O)O.[Cu+2]. The first kappa shape index (κ1) is 8.89. The van der Waals surface area contributed by atoms with Crippen LogP contribution in [0.4, 0.5) is 0 Å². The van der Waals surface area contributed by atoms with Gasteiger partial charge in [-0.3, -0.25) is 4.79 Å². The molecule has 1 radical (unpaired) electrons. The van der Waals surface area contributed by atoms with Crippen LogP contribution in [0.25, 0.3) is 0 Å². The molecule has 2 nitrogen and oxygen atoms in total. The molecule has 3 heteroatoms. The fourth-order valence-electron chi connectivity index (χ4n) is 0. The summed E-state index contributed by atoms with van der Waals surface area (Å²) in [6.07, 6.45) is 0. The monoisotopic (exact) mass is 123 g/mol. The Kier molecular flexibility index (Phi) is 7.09. The Morgan fingerprint density at radius 3 is 1.80 bits per heavy atom. The van der Waals surface area contributed by atoms with E-state index in [-0.39, 0.29) is 17.1 Å². The first-order chi connectivity index (χ1) is 1.73. The van der Waals surface area contributed by atoms with Crippen LogP contribution in [0, 0.1) is 0 Å². The largest absolute Gasteiger partial charge is 2.00 e. The summed E-state index contributed by atoms with van der Waals surface area (Å²) in [7, 11) is 0. The molecule has 0 aliphatic heterocycles. The van der Waals surface area contributed by atoms with Crippen molar-refractivity contribution in [3.05, 3.63) is 0 Å². The predicted octanol–water partition coefficient (Wildman–Crippen LogP) is 0.0884. The Bertz CT molecular complexity index is 30.6. The maximum absolute atomic E-state index is 9.00. The number of carbonyl (C=O) groups is 1. The Hall–Kier alpha value is -0.0105. The minimum absolute atomic E-state index is 0. The van der Waals surface area contributed by atoms with Gasteiger partial charge in [0.05, 0.1) is 0 Å². The molecule has 0 saturated carbocycles. The third kappa shape index (κ3) is 143000. The van der Waals surface area contributed by atoms with Gasteiger partial charge in [-0.2, -0.15) is 0 Å². The number of carboxylic acids is 1. The van der Waals surface area contributed by atoms with Crippen molar-refractivity contribution >= 4 is 5.97 Å². The second-order valence-corrected chi connectivity index (χ2v) is 0.519. The van der Waals surface area contributed by atoms with Crippen molar-refractivity contribution in [1.82, 2.24) is 0 Å². The molecule has 0 unspecified atom stereocenters. The van der Waals surface area contributed by atoms with Gasteiger partial charge in [0.15, 0.2) is 0 Å². The summed E-state index contributed by atoms with van der Waals surface area (Å²) < 4.78 is 0. The molecule has 5 heavy (non-hydrogen) atoms. The Morgan fingerprint density at radius 1 is 1.80 bits per heavy atom. The summed E-state index contributed by atoms with van der Waals surface area (Å²) in [5.74, 6) is -0.833. The molecule has 0 aliphatic carbocycles. The second-order valence-electron chi connectivity index (χ2n) is 0.519. The van der Waals surface area contributed by atoms with Crippen LogP contribution in [-0.2, 0) is 21.9 Å². The van der Waals surface area contributed by atoms with E-state index >= 15 is 0 Å². The van der Waals surface area contributed by atoms with Crippen molar-refractivity contribution in [2.45, 2.75) is 6.92 Å². The van der Waals surface area contributed by atoms with E-state index in [1.165, 1.54) is 0 Å². The standard InChI is InChI=1S/C2H4O2.Cu/c1-2(3)4;/h1H3,(H,3,4);/q;+2. The van der Waals surface area contributed by atoms with Crippen molar-refractivity contribution in [2.75, 3.05) is 0 Å². The zero-order valence-electron chi connectivity index (χ0n) is 2.66. The van der Waals surface area contributed by atoms with Gasteiger partial charge in [-0.1, -0.05) is 0 Å². The topological polar surface area (TPSA) is 37.3 Å². The average Bonchev–Trinajstić information content (AvgIpc) is 0.811. The van der Waals surface area contributed by atoms with E-state index in [0.29, 0.717) is 0 Å². The van der Waals surface area contributed by atoms with Gasteiger partial charge < -0.3 is 5.11 Å². The zero-order chi connectivity index (χ0) is 3.58. The molecule has 0 atom stereocenters. The van der Waals surface area contributed by atoms with Gasteiger partial charge in [0.25, 0.3) is 5.97 Å². The van der Waals surface area contributed by atoms with Crippen LogP contribution in [0.2, 0.25) is 0 Å². The van der Waals surface area contributed by atoms with Crippen LogP contribution in [0.5, 0.6) is 0 Å². The van der Waals surface area contributed by atoms with Gasteiger partial charge >= 0.3 is 17.1 Å². The Morgan fingerprint density at radius 2 is 1.80 bits per heavy atom. The predicted molar refractivity (Wildman–Crippen MR) is 13.3 cm³/mol. The molecular formula is C2H4CuO2+2. The number of rotatable bonds is 0. The van der Waals surface area contributed by atoms with Crippen molar-refractivity contribution in [3.8, 4) is 0 Å². The Balaban J connectivity index is 0. The van der Waals surface area contributed by atoms with Gasteiger partial charge in [-0.15, -0.1) is 0 Å². The smallest absolute Gasteiger partial charge is 0.481 e. The number of carboxylic acid groups (broad SMARTS) is 1. The van der Waals surface area contributed by atoms with E-state index in [1.807, 2.05) is 0 Å². The molecule has 0 saturated heterocycles. The van der Waals surface area contributed by atoms with Crippen molar-refractivity contribution in [1.29, 1.82) is 0 Å². The van der Waals surface area contributed by atoms with E-state index in [9.17, 15) is 0 Å². The summed E-state index contributed by atoms with van der Waals surface area (Å²) in [4.78, 5) is 9.00. The first-order valence-electron chi connectivity index (χ1n) is 0.928. The van der Waals surface area contributed by atoms with Crippen LogP contribution >= 0.6 is 0 Å². The normalized spacial score (nSPS) is 5.00.